The van der Waals surface area contributed by atoms with Gasteiger partial charge in [-0.05, 0) is 63.2 Å². The molecule has 1 aliphatic heterocycles. The molecular formula is C19H32N4O2. The highest BCUT2D eigenvalue weighted by atomic mass is 16.2. The highest BCUT2D eigenvalue weighted by Crippen LogP contribution is 2.55. The van der Waals surface area contributed by atoms with E-state index >= 15 is 0 Å². The van der Waals surface area contributed by atoms with E-state index in [-0.39, 0.29) is 23.5 Å². The Balaban J connectivity index is 1.22. The van der Waals surface area contributed by atoms with Crippen LogP contribution < -0.4 is 16.0 Å². The zero-order chi connectivity index (χ0) is 17.4. The number of amides is 3. The van der Waals surface area contributed by atoms with Crippen molar-refractivity contribution in [3.8, 4) is 0 Å². The van der Waals surface area contributed by atoms with Gasteiger partial charge in [0.25, 0.3) is 0 Å². The van der Waals surface area contributed by atoms with E-state index in [0.29, 0.717) is 13.0 Å². The lowest BCUT2D eigenvalue weighted by atomic mass is 9.53. The molecule has 0 spiro atoms. The second-order valence-corrected chi connectivity index (χ2v) is 8.97. The van der Waals surface area contributed by atoms with Crippen molar-refractivity contribution in [2.24, 2.45) is 17.8 Å². The Morgan fingerprint density at radius 1 is 1.12 bits per heavy atom. The molecule has 4 aliphatic carbocycles. The van der Waals surface area contributed by atoms with Crippen LogP contribution in [0.25, 0.3) is 0 Å². The first-order valence-corrected chi connectivity index (χ1v) is 10.1. The molecule has 1 heterocycles. The van der Waals surface area contributed by atoms with E-state index in [2.05, 4.69) is 22.9 Å². The maximum absolute atomic E-state index is 12.4. The lowest BCUT2D eigenvalue weighted by Crippen LogP contribution is -2.61. The molecule has 0 aromatic heterocycles. The molecule has 140 valence electrons. The van der Waals surface area contributed by atoms with Gasteiger partial charge in [-0.2, -0.15) is 0 Å². The van der Waals surface area contributed by atoms with Crippen LogP contribution in [0.15, 0.2) is 0 Å². The summed E-state index contributed by atoms with van der Waals surface area (Å²) in [7, 11) is 0. The lowest BCUT2D eigenvalue weighted by molar-refractivity contribution is -0.133. The van der Waals surface area contributed by atoms with E-state index in [4.69, 9.17) is 0 Å². The molecule has 0 aromatic carbocycles. The topological polar surface area (TPSA) is 73.5 Å². The van der Waals surface area contributed by atoms with Gasteiger partial charge < -0.3 is 20.9 Å². The Bertz CT molecular complexity index is 500. The third kappa shape index (κ3) is 3.64. The smallest absolute Gasteiger partial charge is 0.315 e. The van der Waals surface area contributed by atoms with E-state index in [1.165, 1.54) is 19.3 Å². The molecule has 0 aromatic rings. The molecule has 6 nitrogen and oxygen atoms in total. The van der Waals surface area contributed by atoms with Crippen LogP contribution in [0.5, 0.6) is 0 Å². The molecule has 1 saturated heterocycles. The number of nitrogens with zero attached hydrogens (tertiary/aromatic N) is 1. The molecule has 5 rings (SSSR count). The second kappa shape index (κ2) is 6.78. The van der Waals surface area contributed by atoms with E-state index < -0.39 is 0 Å². The van der Waals surface area contributed by atoms with Crippen LogP contribution in [0.1, 0.15) is 51.9 Å². The van der Waals surface area contributed by atoms with Crippen molar-refractivity contribution >= 4 is 11.9 Å². The van der Waals surface area contributed by atoms with Gasteiger partial charge in [0.1, 0.15) is 0 Å². The number of hydrogen-bond acceptors (Lipinski definition) is 3. The van der Waals surface area contributed by atoms with Gasteiger partial charge >= 0.3 is 6.03 Å². The largest absolute Gasteiger partial charge is 0.338 e. The van der Waals surface area contributed by atoms with E-state index in [0.717, 1.165) is 56.7 Å². The highest BCUT2D eigenvalue weighted by Gasteiger charge is 2.51. The maximum atomic E-state index is 12.4. The fraction of sp³-hybridized carbons (Fsp3) is 0.895. The third-order valence-corrected chi connectivity index (χ3v) is 6.86. The Hall–Kier alpha value is -1.30. The molecule has 4 bridgehead atoms. The quantitative estimate of drug-likeness (QED) is 0.720. The highest BCUT2D eigenvalue weighted by molar-refractivity contribution is 5.79. The minimum atomic E-state index is -0.0805. The van der Waals surface area contributed by atoms with Gasteiger partial charge in [-0.1, -0.05) is 0 Å². The predicted octanol–water partition coefficient (Wildman–Crippen LogP) is 1.46. The van der Waals surface area contributed by atoms with Crippen LogP contribution in [0.2, 0.25) is 0 Å². The lowest BCUT2D eigenvalue weighted by Gasteiger charge is -2.56. The monoisotopic (exact) mass is 348 g/mol. The zero-order valence-corrected chi connectivity index (χ0v) is 15.4. The number of piperazine rings is 1. The maximum Gasteiger partial charge on any atom is 0.315 e. The summed E-state index contributed by atoms with van der Waals surface area (Å²) in [5.41, 5.74) is 0.0376. The first kappa shape index (κ1) is 17.1. The summed E-state index contributed by atoms with van der Waals surface area (Å²) in [6, 6.07) is 0.158. The number of rotatable bonds is 4. The van der Waals surface area contributed by atoms with Gasteiger partial charge in [0.2, 0.25) is 5.91 Å². The number of hydrogen-bond donors (Lipinski definition) is 3. The molecule has 25 heavy (non-hydrogen) atoms. The second-order valence-electron chi connectivity index (χ2n) is 8.97. The van der Waals surface area contributed by atoms with Gasteiger partial charge in [-0.25, -0.2) is 4.79 Å². The van der Waals surface area contributed by atoms with Gasteiger partial charge in [-0.3, -0.25) is 4.79 Å². The zero-order valence-electron chi connectivity index (χ0n) is 15.4. The molecule has 6 heteroatoms. The molecule has 0 unspecified atom stereocenters. The molecule has 5 aliphatic rings. The molecule has 3 N–H and O–H groups in total. The van der Waals surface area contributed by atoms with E-state index in [9.17, 15) is 9.59 Å². The first-order chi connectivity index (χ1) is 12.0. The summed E-state index contributed by atoms with van der Waals surface area (Å²) < 4.78 is 0. The van der Waals surface area contributed by atoms with Gasteiger partial charge in [0, 0.05) is 44.2 Å². The average molecular weight is 348 g/mol. The SMILES string of the molecule is C[C@H]1CNCCN1C(=O)CCNC(=O)NC12CC3CC(CC(C3)C1)C2. The van der Waals surface area contributed by atoms with Crippen molar-refractivity contribution in [3.63, 3.8) is 0 Å². The fourth-order valence-electron chi connectivity index (χ4n) is 6.19. The summed E-state index contributed by atoms with van der Waals surface area (Å²) in [6.07, 6.45) is 7.98. The number of carbonyl (C=O) groups is 2. The summed E-state index contributed by atoms with van der Waals surface area (Å²) in [5.74, 6) is 2.61. The third-order valence-electron chi connectivity index (χ3n) is 6.86. The summed E-state index contributed by atoms with van der Waals surface area (Å²) in [5, 5.41) is 9.52. The summed E-state index contributed by atoms with van der Waals surface area (Å²) >= 11 is 0. The molecule has 0 radical (unpaired) electrons. The molecular weight excluding hydrogens is 316 g/mol. The van der Waals surface area contributed by atoms with Gasteiger partial charge in [0.05, 0.1) is 0 Å². The van der Waals surface area contributed by atoms with Crippen LogP contribution in [0.4, 0.5) is 4.79 Å². The van der Waals surface area contributed by atoms with Crippen molar-refractivity contribution < 1.29 is 9.59 Å². The summed E-state index contributed by atoms with van der Waals surface area (Å²) in [4.78, 5) is 26.6. The van der Waals surface area contributed by atoms with Crippen molar-refractivity contribution in [2.75, 3.05) is 26.2 Å². The minimum Gasteiger partial charge on any atom is -0.338 e. The Morgan fingerprint density at radius 2 is 1.76 bits per heavy atom. The van der Waals surface area contributed by atoms with Crippen LogP contribution in [-0.4, -0.2) is 54.6 Å². The van der Waals surface area contributed by atoms with Gasteiger partial charge in [-0.15, -0.1) is 0 Å². The average Bonchev–Trinajstić information content (AvgIpc) is 2.53. The van der Waals surface area contributed by atoms with Crippen LogP contribution in [0, 0.1) is 17.8 Å². The van der Waals surface area contributed by atoms with Crippen LogP contribution >= 0.6 is 0 Å². The first-order valence-electron chi connectivity index (χ1n) is 10.1. The van der Waals surface area contributed by atoms with Crippen molar-refractivity contribution in [1.82, 2.24) is 20.9 Å². The minimum absolute atomic E-state index is 0.0376. The molecule has 5 fully saturated rings. The van der Waals surface area contributed by atoms with E-state index in [1.807, 2.05) is 4.90 Å². The van der Waals surface area contributed by atoms with Crippen LogP contribution in [0.3, 0.4) is 0 Å². The molecule has 3 amide bonds. The molecule has 4 saturated carbocycles. The van der Waals surface area contributed by atoms with E-state index in [1.54, 1.807) is 0 Å². The number of carbonyl (C=O) groups excluding carboxylic acids is 2. The number of urea groups is 1. The standard InChI is InChI=1S/C19H32N4O2/c1-13-12-20-4-5-23(13)17(24)2-3-21-18(25)22-19-9-14-6-15(10-19)8-16(7-14)11-19/h13-16,20H,2-12H2,1H3,(H2,21,22,25)/t13-,14?,15?,16?,19?/m0/s1. The predicted molar refractivity (Wildman–Crippen MR) is 96.1 cm³/mol. The Kier molecular flexibility index (Phi) is 4.65. The van der Waals surface area contributed by atoms with Crippen molar-refractivity contribution in [2.45, 2.75) is 63.5 Å². The van der Waals surface area contributed by atoms with Crippen molar-refractivity contribution in [3.05, 3.63) is 0 Å². The van der Waals surface area contributed by atoms with Gasteiger partial charge in [0.15, 0.2) is 0 Å². The fourth-order valence-corrected chi connectivity index (χ4v) is 6.19. The van der Waals surface area contributed by atoms with Crippen molar-refractivity contribution in [1.29, 1.82) is 0 Å². The van der Waals surface area contributed by atoms with Crippen LogP contribution in [-0.2, 0) is 4.79 Å². The summed E-state index contributed by atoms with van der Waals surface area (Å²) in [6.45, 7) is 4.96. The molecule has 1 atom stereocenters. The normalized spacial score (nSPS) is 39.3. The Morgan fingerprint density at radius 3 is 2.36 bits per heavy atom. The number of nitrogens with one attached hydrogen (secondary N) is 3. The Labute approximate surface area is 150 Å².